The second kappa shape index (κ2) is 10.1. The van der Waals surface area contributed by atoms with Crippen LogP contribution >= 0.6 is 69.6 Å². The highest BCUT2D eigenvalue weighted by Gasteiger charge is 2.67. The monoisotopic (exact) mass is 575 g/mol. The van der Waals surface area contributed by atoms with Crippen molar-refractivity contribution >= 4 is 87.1 Å². The lowest BCUT2D eigenvalue weighted by molar-refractivity contribution is -0.117. The van der Waals surface area contributed by atoms with Gasteiger partial charge in [0.2, 0.25) is 5.91 Å². The van der Waals surface area contributed by atoms with Gasteiger partial charge < -0.3 is 10.6 Å². The topological polar surface area (TPSA) is 71.1 Å². The summed E-state index contributed by atoms with van der Waals surface area (Å²) in [5.74, 6) is -2.16. The maximum atomic E-state index is 13.0. The average molecular weight is 578 g/mol. The van der Waals surface area contributed by atoms with Crippen LogP contribution in [-0.2, 0) is 11.3 Å². The Morgan fingerprint density at radius 1 is 0.941 bits per heavy atom. The summed E-state index contributed by atoms with van der Waals surface area (Å²) in [6.45, 7) is 0.226. The van der Waals surface area contributed by atoms with E-state index in [0.717, 1.165) is 0 Å². The maximum absolute atomic E-state index is 13.0. The van der Waals surface area contributed by atoms with E-state index in [1.807, 2.05) is 6.07 Å². The van der Waals surface area contributed by atoms with E-state index in [-0.39, 0.29) is 32.2 Å². The molecule has 0 unspecified atom stereocenters. The first-order valence-electron chi connectivity index (χ1n) is 9.90. The van der Waals surface area contributed by atoms with E-state index in [0.29, 0.717) is 16.9 Å². The fraction of sp³-hybridized carbons (Fsp3) is 0.174. The van der Waals surface area contributed by atoms with Gasteiger partial charge in [-0.3, -0.25) is 14.6 Å². The van der Waals surface area contributed by atoms with E-state index in [2.05, 4.69) is 15.6 Å². The molecule has 1 saturated carbocycles. The molecule has 1 aliphatic rings. The third kappa shape index (κ3) is 5.25. The normalized spacial score (nSPS) is 18.3. The molecule has 2 N–H and O–H groups in total. The van der Waals surface area contributed by atoms with Gasteiger partial charge in [-0.15, -0.1) is 23.2 Å². The summed E-state index contributed by atoms with van der Waals surface area (Å²) in [7, 11) is 0. The molecule has 34 heavy (non-hydrogen) atoms. The molecule has 1 aliphatic carbocycles. The Labute approximate surface area is 225 Å². The molecule has 2 atom stereocenters. The number of nitrogens with zero attached hydrogens (tertiary/aromatic N) is 1. The van der Waals surface area contributed by atoms with Gasteiger partial charge in [0.25, 0.3) is 5.91 Å². The van der Waals surface area contributed by atoms with Crippen LogP contribution < -0.4 is 10.6 Å². The third-order valence-electron chi connectivity index (χ3n) is 5.34. The number of hydrogen-bond donors (Lipinski definition) is 2. The number of rotatable bonds is 6. The molecule has 1 heterocycles. The van der Waals surface area contributed by atoms with Crippen molar-refractivity contribution in [3.05, 3.63) is 91.6 Å². The molecular formula is C23H15Cl6N3O2. The number of hydrogen-bond acceptors (Lipinski definition) is 3. The van der Waals surface area contributed by atoms with Gasteiger partial charge in [-0.25, -0.2) is 0 Å². The minimum Gasteiger partial charge on any atom is -0.346 e. The molecule has 1 aromatic heterocycles. The molecule has 1 fully saturated rings. The number of amides is 2. The minimum atomic E-state index is -1.36. The maximum Gasteiger partial charge on any atom is 0.253 e. The summed E-state index contributed by atoms with van der Waals surface area (Å²) in [4.78, 5) is 29.8. The van der Waals surface area contributed by atoms with Gasteiger partial charge in [-0.05, 0) is 48.0 Å². The summed E-state index contributed by atoms with van der Waals surface area (Å²) in [5, 5.41) is 6.41. The number of alkyl halides is 2. The summed E-state index contributed by atoms with van der Waals surface area (Å²) >= 11 is 37.3. The van der Waals surface area contributed by atoms with E-state index >= 15 is 0 Å². The standard InChI is InChI=1S/C23H15Cl6N3O2/c24-15-5-4-12(9-14(15)21(33)31-10-13-3-1-2-6-30-13)32-22(34)19-18(23(19,28)29)11-7-16(25)20(27)17(26)8-11/h1-9,18-19H,10H2,(H,31,33)(H,32,34)/t18-,19+/m0/s1. The van der Waals surface area contributed by atoms with Crippen LogP contribution in [0.4, 0.5) is 5.69 Å². The first kappa shape index (κ1) is 25.4. The van der Waals surface area contributed by atoms with Crippen LogP contribution in [0.5, 0.6) is 0 Å². The highest BCUT2D eigenvalue weighted by Crippen LogP contribution is 2.65. The Bertz CT molecular complexity index is 1250. The first-order valence-corrected chi connectivity index (χ1v) is 12.2. The van der Waals surface area contributed by atoms with Crippen molar-refractivity contribution in [2.45, 2.75) is 16.8 Å². The lowest BCUT2D eigenvalue weighted by atomic mass is 10.1. The summed E-state index contributed by atoms with van der Waals surface area (Å²) in [6, 6.07) is 13.1. The molecule has 3 aromatic rings. The van der Waals surface area contributed by atoms with Crippen molar-refractivity contribution in [2.75, 3.05) is 5.32 Å². The fourth-order valence-electron chi connectivity index (χ4n) is 3.59. The molecule has 0 radical (unpaired) electrons. The van der Waals surface area contributed by atoms with Gasteiger partial charge in [0, 0.05) is 17.8 Å². The summed E-state index contributed by atoms with van der Waals surface area (Å²) < 4.78 is -1.36. The lowest BCUT2D eigenvalue weighted by Gasteiger charge is -2.10. The Morgan fingerprint density at radius 3 is 2.29 bits per heavy atom. The van der Waals surface area contributed by atoms with Gasteiger partial charge in [0.1, 0.15) is 4.33 Å². The highest BCUT2D eigenvalue weighted by atomic mass is 35.5. The molecule has 176 valence electrons. The van der Waals surface area contributed by atoms with Crippen LogP contribution in [0, 0.1) is 5.92 Å². The van der Waals surface area contributed by atoms with Gasteiger partial charge in [0.15, 0.2) is 0 Å². The van der Waals surface area contributed by atoms with Gasteiger partial charge in [0.05, 0.1) is 43.8 Å². The van der Waals surface area contributed by atoms with Crippen molar-refractivity contribution in [2.24, 2.45) is 5.92 Å². The van der Waals surface area contributed by atoms with Gasteiger partial charge >= 0.3 is 0 Å². The lowest BCUT2D eigenvalue weighted by Crippen LogP contribution is -2.24. The van der Waals surface area contributed by atoms with Crippen LogP contribution in [0.2, 0.25) is 20.1 Å². The van der Waals surface area contributed by atoms with Crippen LogP contribution in [0.25, 0.3) is 0 Å². The third-order valence-corrected chi connectivity index (χ3v) is 7.80. The molecular weight excluding hydrogens is 563 g/mol. The van der Waals surface area contributed by atoms with Crippen molar-refractivity contribution < 1.29 is 9.59 Å². The molecule has 5 nitrogen and oxygen atoms in total. The number of pyridine rings is 1. The number of benzene rings is 2. The van der Waals surface area contributed by atoms with Crippen LogP contribution in [0.1, 0.15) is 27.5 Å². The van der Waals surface area contributed by atoms with E-state index in [1.165, 1.54) is 12.1 Å². The quantitative estimate of drug-likeness (QED) is 0.241. The predicted molar refractivity (Wildman–Crippen MR) is 138 cm³/mol. The molecule has 0 spiro atoms. The molecule has 0 bridgehead atoms. The highest BCUT2D eigenvalue weighted by molar-refractivity contribution is 6.54. The SMILES string of the molecule is O=C(NCc1ccccn1)c1cc(NC(=O)[C@H]2[C@H](c3cc(Cl)c(Cl)c(Cl)c3)C2(Cl)Cl)ccc1Cl. The number of carbonyl (C=O) groups excluding carboxylic acids is 2. The molecule has 4 rings (SSSR count). The van der Waals surface area contributed by atoms with Crippen molar-refractivity contribution in [3.63, 3.8) is 0 Å². The Kier molecular flexibility index (Phi) is 7.53. The Morgan fingerprint density at radius 2 is 1.65 bits per heavy atom. The Hall–Kier alpha value is -1.73. The van der Waals surface area contributed by atoms with Gasteiger partial charge in [-0.2, -0.15) is 0 Å². The number of halogens is 6. The van der Waals surface area contributed by atoms with Crippen LogP contribution in [0.15, 0.2) is 54.7 Å². The van der Waals surface area contributed by atoms with Crippen LogP contribution in [0.3, 0.4) is 0 Å². The predicted octanol–water partition coefficient (Wildman–Crippen LogP) is 7.15. The summed E-state index contributed by atoms with van der Waals surface area (Å²) in [5.41, 5.74) is 1.84. The minimum absolute atomic E-state index is 0.196. The summed E-state index contributed by atoms with van der Waals surface area (Å²) in [6.07, 6.45) is 1.63. The zero-order chi connectivity index (χ0) is 24.6. The molecule has 2 aromatic carbocycles. The first-order chi connectivity index (χ1) is 16.1. The number of aromatic nitrogens is 1. The van der Waals surface area contributed by atoms with E-state index in [4.69, 9.17) is 69.6 Å². The fourth-order valence-corrected chi connectivity index (χ4v) is 5.23. The number of anilines is 1. The van der Waals surface area contributed by atoms with Crippen molar-refractivity contribution in [3.8, 4) is 0 Å². The van der Waals surface area contributed by atoms with E-state index in [1.54, 1.807) is 36.5 Å². The zero-order valence-electron chi connectivity index (χ0n) is 17.1. The smallest absolute Gasteiger partial charge is 0.253 e. The largest absolute Gasteiger partial charge is 0.346 e. The molecule has 0 aliphatic heterocycles. The van der Waals surface area contributed by atoms with Gasteiger partial charge in [-0.1, -0.05) is 52.5 Å². The van der Waals surface area contributed by atoms with Crippen LogP contribution in [-0.4, -0.2) is 21.1 Å². The van der Waals surface area contributed by atoms with Crippen molar-refractivity contribution in [1.82, 2.24) is 10.3 Å². The second-order valence-corrected chi connectivity index (χ2v) is 10.7. The zero-order valence-corrected chi connectivity index (χ0v) is 21.6. The Balaban J connectivity index is 1.47. The molecule has 11 heteroatoms. The van der Waals surface area contributed by atoms with Crippen molar-refractivity contribution in [1.29, 1.82) is 0 Å². The number of nitrogens with one attached hydrogen (secondary N) is 2. The van der Waals surface area contributed by atoms with E-state index in [9.17, 15) is 9.59 Å². The second-order valence-electron chi connectivity index (χ2n) is 7.62. The number of carbonyl (C=O) groups is 2. The van der Waals surface area contributed by atoms with E-state index < -0.39 is 28.0 Å². The molecule has 0 saturated heterocycles. The average Bonchev–Trinajstić information content (AvgIpc) is 3.39. The molecule has 2 amide bonds.